The molecule has 1 aliphatic rings. The zero-order chi connectivity index (χ0) is 24.1. The Labute approximate surface area is 200 Å². The number of carbonyl (C=O) groups is 1. The van der Waals surface area contributed by atoms with E-state index >= 15 is 0 Å². The Morgan fingerprint density at radius 1 is 1.03 bits per heavy atom. The quantitative estimate of drug-likeness (QED) is 0.480. The van der Waals surface area contributed by atoms with E-state index in [1.165, 1.54) is 12.5 Å². The highest BCUT2D eigenvalue weighted by Crippen LogP contribution is 2.41. The number of carbonyl (C=O) groups excluding carboxylic acids is 1. The number of ketones is 1. The Balaban J connectivity index is 1.53. The van der Waals surface area contributed by atoms with E-state index in [1.54, 1.807) is 38.5 Å². The molecule has 0 unspecified atom stereocenters. The second-order valence-corrected chi connectivity index (χ2v) is 8.51. The minimum atomic E-state index is -0.680. The van der Waals surface area contributed by atoms with Crippen LogP contribution in [0.1, 0.15) is 40.0 Å². The summed E-state index contributed by atoms with van der Waals surface area (Å²) in [5.74, 6) is 2.07. The average molecular weight is 462 g/mol. The van der Waals surface area contributed by atoms with Crippen LogP contribution in [0.3, 0.4) is 0 Å². The van der Waals surface area contributed by atoms with Gasteiger partial charge >= 0.3 is 0 Å². The first-order chi connectivity index (χ1) is 16.5. The minimum absolute atomic E-state index is 0.0122. The first-order valence-electron chi connectivity index (χ1n) is 11.5. The lowest BCUT2D eigenvalue weighted by molar-refractivity contribution is 0.0553. The van der Waals surface area contributed by atoms with Crippen molar-refractivity contribution in [1.82, 2.24) is 4.90 Å². The average Bonchev–Trinajstić information content (AvgIpc) is 2.87. The van der Waals surface area contributed by atoms with Crippen molar-refractivity contribution in [3.63, 3.8) is 0 Å². The first-order valence-corrected chi connectivity index (χ1v) is 11.5. The Morgan fingerprint density at radius 2 is 1.71 bits per heavy atom. The molecule has 0 fully saturated rings. The molecule has 0 aromatic heterocycles. The molecule has 0 saturated carbocycles. The van der Waals surface area contributed by atoms with Crippen molar-refractivity contribution in [3.8, 4) is 17.2 Å². The predicted octanol–water partition coefficient (Wildman–Crippen LogP) is 4.29. The van der Waals surface area contributed by atoms with E-state index in [2.05, 4.69) is 29.2 Å². The third-order valence-electron chi connectivity index (χ3n) is 6.24. The molecular formula is C28H31NO5. The van der Waals surface area contributed by atoms with Gasteiger partial charge in [-0.05, 0) is 66.4 Å². The molecule has 0 aliphatic carbocycles. The van der Waals surface area contributed by atoms with E-state index in [0.717, 1.165) is 29.8 Å². The van der Waals surface area contributed by atoms with Gasteiger partial charge in [-0.2, -0.15) is 0 Å². The van der Waals surface area contributed by atoms with Crippen LogP contribution in [-0.4, -0.2) is 55.8 Å². The molecule has 4 rings (SSSR count). The molecule has 6 heteroatoms. The maximum atomic E-state index is 11.5. The summed E-state index contributed by atoms with van der Waals surface area (Å²) < 4.78 is 16.9. The molecule has 1 aliphatic heterocycles. The van der Waals surface area contributed by atoms with Gasteiger partial charge in [0.05, 0.1) is 20.3 Å². The maximum Gasteiger partial charge on any atom is 0.161 e. The molecular weight excluding hydrogens is 430 g/mol. The van der Waals surface area contributed by atoms with Crippen molar-refractivity contribution < 1.29 is 24.1 Å². The van der Waals surface area contributed by atoms with E-state index in [9.17, 15) is 9.90 Å². The summed E-state index contributed by atoms with van der Waals surface area (Å²) in [5, 5.41) is 10.8. The normalized spacial score (nSPS) is 16.4. The van der Waals surface area contributed by atoms with Gasteiger partial charge in [-0.3, -0.25) is 9.69 Å². The van der Waals surface area contributed by atoms with Gasteiger partial charge in [-0.1, -0.05) is 30.3 Å². The molecule has 0 bridgehead atoms. The number of hydrogen-bond acceptors (Lipinski definition) is 6. The zero-order valence-corrected chi connectivity index (χ0v) is 19.9. The Hall–Kier alpha value is -3.35. The number of Topliss-reactive ketones (excluding diaryl/α,β-unsaturated/α-hetero) is 1. The van der Waals surface area contributed by atoms with Crippen LogP contribution in [0.2, 0.25) is 0 Å². The van der Waals surface area contributed by atoms with Crippen LogP contribution in [0.5, 0.6) is 17.2 Å². The molecule has 0 radical (unpaired) electrons. The summed E-state index contributed by atoms with van der Waals surface area (Å²) >= 11 is 0. The fourth-order valence-corrected chi connectivity index (χ4v) is 4.52. The fourth-order valence-electron chi connectivity index (χ4n) is 4.52. The van der Waals surface area contributed by atoms with E-state index < -0.39 is 6.10 Å². The number of nitrogens with zero attached hydrogens (tertiary/aromatic N) is 1. The minimum Gasteiger partial charge on any atom is -0.493 e. The zero-order valence-electron chi connectivity index (χ0n) is 19.9. The van der Waals surface area contributed by atoms with E-state index in [4.69, 9.17) is 14.2 Å². The molecule has 2 atom stereocenters. The molecule has 0 spiro atoms. The summed E-state index contributed by atoms with van der Waals surface area (Å²) in [6, 6.07) is 21.4. The van der Waals surface area contributed by atoms with Gasteiger partial charge < -0.3 is 19.3 Å². The van der Waals surface area contributed by atoms with E-state index in [0.29, 0.717) is 23.6 Å². The molecule has 3 aromatic rings. The van der Waals surface area contributed by atoms with Crippen molar-refractivity contribution in [1.29, 1.82) is 0 Å². The van der Waals surface area contributed by atoms with Gasteiger partial charge in [0.2, 0.25) is 0 Å². The van der Waals surface area contributed by atoms with Crippen LogP contribution < -0.4 is 14.2 Å². The lowest BCUT2D eigenvalue weighted by Crippen LogP contribution is -2.42. The number of benzene rings is 3. The molecule has 3 aromatic carbocycles. The van der Waals surface area contributed by atoms with Crippen molar-refractivity contribution in [2.45, 2.75) is 25.5 Å². The van der Waals surface area contributed by atoms with Crippen LogP contribution in [0.15, 0.2) is 66.7 Å². The van der Waals surface area contributed by atoms with Gasteiger partial charge in [0.15, 0.2) is 17.3 Å². The van der Waals surface area contributed by atoms with Gasteiger partial charge in [0, 0.05) is 18.7 Å². The third kappa shape index (κ3) is 5.24. The molecule has 6 nitrogen and oxygen atoms in total. The van der Waals surface area contributed by atoms with Crippen LogP contribution in [0, 0.1) is 0 Å². The Bertz CT molecular complexity index is 1110. The smallest absolute Gasteiger partial charge is 0.161 e. The predicted molar refractivity (Wildman–Crippen MR) is 131 cm³/mol. The summed E-state index contributed by atoms with van der Waals surface area (Å²) in [4.78, 5) is 13.7. The van der Waals surface area contributed by atoms with Gasteiger partial charge in [0.25, 0.3) is 0 Å². The largest absolute Gasteiger partial charge is 0.493 e. The highest BCUT2D eigenvalue weighted by atomic mass is 16.5. The number of methoxy groups -OCH3 is 2. The summed E-state index contributed by atoms with van der Waals surface area (Å²) in [6.07, 6.45) is 0.166. The van der Waals surface area contributed by atoms with Gasteiger partial charge in [-0.15, -0.1) is 0 Å². The maximum absolute atomic E-state index is 11.5. The highest BCUT2D eigenvalue weighted by Gasteiger charge is 2.31. The second-order valence-electron chi connectivity index (χ2n) is 8.51. The SMILES string of the molecule is COc1cc2c(cc1OC)[C@@H](c1ccccc1)N(C[C@H](O)COc1ccc(C(C)=O)cc1)CC2. The number of fused-ring (bicyclic) bond motifs is 1. The van der Waals surface area contributed by atoms with Gasteiger partial charge in [0.1, 0.15) is 18.5 Å². The third-order valence-corrected chi connectivity index (χ3v) is 6.24. The molecule has 0 saturated heterocycles. The number of rotatable bonds is 9. The van der Waals surface area contributed by atoms with Crippen LogP contribution in [-0.2, 0) is 6.42 Å². The fraction of sp³-hybridized carbons (Fsp3) is 0.321. The number of aliphatic hydroxyl groups excluding tert-OH is 1. The summed E-state index contributed by atoms with van der Waals surface area (Å²) in [7, 11) is 3.30. The van der Waals surface area contributed by atoms with Crippen molar-refractivity contribution in [2.75, 3.05) is 33.9 Å². The van der Waals surface area contributed by atoms with Gasteiger partial charge in [-0.25, -0.2) is 0 Å². The van der Waals surface area contributed by atoms with E-state index in [-0.39, 0.29) is 18.4 Å². The first kappa shape index (κ1) is 23.8. The Kier molecular flexibility index (Phi) is 7.50. The number of hydrogen-bond donors (Lipinski definition) is 1. The van der Waals surface area contributed by atoms with Crippen LogP contribution in [0.4, 0.5) is 0 Å². The van der Waals surface area contributed by atoms with Crippen molar-refractivity contribution in [3.05, 3.63) is 89.0 Å². The lowest BCUT2D eigenvalue weighted by Gasteiger charge is -2.39. The number of ether oxygens (including phenoxy) is 3. The Morgan fingerprint density at radius 3 is 2.35 bits per heavy atom. The van der Waals surface area contributed by atoms with Crippen molar-refractivity contribution in [2.24, 2.45) is 0 Å². The summed E-state index contributed by atoms with van der Waals surface area (Å²) in [5.41, 5.74) is 4.17. The molecule has 178 valence electrons. The standard InChI is InChI=1S/C28H31NO5/c1-19(30)20-9-11-24(12-10-20)34-18-23(31)17-29-14-13-22-15-26(32-2)27(33-3)16-25(22)28(29)21-7-5-4-6-8-21/h4-12,15-16,23,28,31H,13-14,17-18H2,1-3H3/t23-,28+/m0/s1. The van der Waals surface area contributed by atoms with Crippen LogP contribution in [0.25, 0.3) is 0 Å². The molecule has 0 amide bonds. The lowest BCUT2D eigenvalue weighted by atomic mass is 9.87. The summed E-state index contributed by atoms with van der Waals surface area (Å²) in [6.45, 7) is 2.95. The topological polar surface area (TPSA) is 68.2 Å². The molecule has 1 N–H and O–H groups in total. The monoisotopic (exact) mass is 461 g/mol. The van der Waals surface area contributed by atoms with Crippen LogP contribution >= 0.6 is 0 Å². The number of aliphatic hydroxyl groups is 1. The second kappa shape index (κ2) is 10.7. The highest BCUT2D eigenvalue weighted by molar-refractivity contribution is 5.94. The molecule has 1 heterocycles. The van der Waals surface area contributed by atoms with Crippen molar-refractivity contribution >= 4 is 5.78 Å². The number of β-amino-alcohol motifs (C(OH)–C–C–N with tert-alkyl or cyclic N) is 1. The van der Waals surface area contributed by atoms with E-state index in [1.807, 2.05) is 18.2 Å². The molecule has 34 heavy (non-hydrogen) atoms.